The van der Waals surface area contributed by atoms with Crippen molar-refractivity contribution in [1.82, 2.24) is 0 Å². The average Bonchev–Trinajstić information content (AvgIpc) is 2.15. The fourth-order valence-electron chi connectivity index (χ4n) is 1.02. The monoisotopic (exact) mass is 210 g/mol. The third-order valence-corrected chi connectivity index (χ3v) is 1.79. The number of carbonyl (C=O) groups is 2. The van der Waals surface area contributed by atoms with Crippen LogP contribution in [0.2, 0.25) is 0 Å². The van der Waals surface area contributed by atoms with Crippen molar-refractivity contribution in [1.29, 1.82) is 0 Å². The molecule has 1 aromatic carbocycles. The van der Waals surface area contributed by atoms with Crippen molar-refractivity contribution in [2.24, 2.45) is 0 Å². The Bertz CT molecular complexity index is 371. The van der Waals surface area contributed by atoms with Gasteiger partial charge in [-0.3, -0.25) is 0 Å². The van der Waals surface area contributed by atoms with Crippen LogP contribution in [0, 0.1) is 6.92 Å². The van der Waals surface area contributed by atoms with Crippen LogP contribution in [0.25, 0.3) is 0 Å². The molecule has 0 fully saturated rings. The third-order valence-electron chi connectivity index (χ3n) is 1.79. The zero-order chi connectivity index (χ0) is 11.4. The molecule has 5 heteroatoms. The van der Waals surface area contributed by atoms with E-state index in [1.54, 1.807) is 25.1 Å². The number of ether oxygens (including phenoxy) is 1. The molecule has 0 aliphatic rings. The van der Waals surface area contributed by atoms with Gasteiger partial charge in [0.25, 0.3) is 6.10 Å². The Morgan fingerprint density at radius 2 is 1.73 bits per heavy atom. The van der Waals surface area contributed by atoms with Crippen molar-refractivity contribution in [2.75, 3.05) is 0 Å². The summed E-state index contributed by atoms with van der Waals surface area (Å²) in [4.78, 5) is 21.1. The molecular formula is C10H10O5. The lowest BCUT2D eigenvalue weighted by atomic mass is 10.2. The largest absolute Gasteiger partial charge is 0.478 e. The molecule has 2 N–H and O–H groups in total. The summed E-state index contributed by atoms with van der Waals surface area (Å²) in [6, 6.07) is 6.62. The molecule has 0 atom stereocenters. The van der Waals surface area contributed by atoms with Gasteiger partial charge in [0.15, 0.2) is 0 Å². The molecule has 0 amide bonds. The Labute approximate surface area is 85.9 Å². The molecule has 1 rings (SSSR count). The van der Waals surface area contributed by atoms with Crippen LogP contribution in [0.4, 0.5) is 0 Å². The number of benzene rings is 1. The number of carboxylic acid groups (broad SMARTS) is 2. The van der Waals surface area contributed by atoms with Gasteiger partial charge in [0.2, 0.25) is 0 Å². The second kappa shape index (κ2) is 4.45. The highest BCUT2D eigenvalue weighted by atomic mass is 16.5. The van der Waals surface area contributed by atoms with Gasteiger partial charge in [-0.25, -0.2) is 9.59 Å². The van der Waals surface area contributed by atoms with Crippen LogP contribution in [0.15, 0.2) is 24.3 Å². The Morgan fingerprint density at radius 3 is 2.20 bits per heavy atom. The Morgan fingerprint density at radius 1 is 1.20 bits per heavy atom. The SMILES string of the molecule is Cc1ccccc1OC(C(=O)O)C(=O)O. The molecule has 0 heterocycles. The summed E-state index contributed by atoms with van der Waals surface area (Å²) in [6.45, 7) is 1.70. The van der Waals surface area contributed by atoms with E-state index in [0.29, 0.717) is 5.56 Å². The van der Waals surface area contributed by atoms with Crippen molar-refractivity contribution >= 4 is 11.9 Å². The summed E-state index contributed by atoms with van der Waals surface area (Å²) in [5.41, 5.74) is 0.685. The number of aryl methyl sites for hydroxylation is 1. The van der Waals surface area contributed by atoms with Crippen molar-refractivity contribution in [2.45, 2.75) is 13.0 Å². The predicted molar refractivity (Wildman–Crippen MR) is 50.9 cm³/mol. The van der Waals surface area contributed by atoms with E-state index < -0.39 is 18.0 Å². The topological polar surface area (TPSA) is 83.8 Å². The fraction of sp³-hybridized carbons (Fsp3) is 0.200. The van der Waals surface area contributed by atoms with E-state index in [2.05, 4.69) is 0 Å². The summed E-state index contributed by atoms with van der Waals surface area (Å²) in [5, 5.41) is 17.2. The van der Waals surface area contributed by atoms with E-state index in [1.807, 2.05) is 0 Å². The summed E-state index contributed by atoms with van der Waals surface area (Å²) in [6.07, 6.45) is -1.87. The molecule has 0 aliphatic carbocycles. The molecule has 5 nitrogen and oxygen atoms in total. The Hall–Kier alpha value is -2.04. The third kappa shape index (κ3) is 2.70. The summed E-state index contributed by atoms with van der Waals surface area (Å²) in [7, 11) is 0. The van der Waals surface area contributed by atoms with E-state index in [1.165, 1.54) is 6.07 Å². The smallest absolute Gasteiger partial charge is 0.356 e. The lowest BCUT2D eigenvalue weighted by molar-refractivity contribution is -0.159. The first kappa shape index (κ1) is 11.0. The van der Waals surface area contributed by atoms with Gasteiger partial charge in [-0.2, -0.15) is 0 Å². The van der Waals surface area contributed by atoms with Crippen molar-refractivity contribution in [3.63, 3.8) is 0 Å². The van der Waals surface area contributed by atoms with Crippen LogP contribution < -0.4 is 4.74 Å². The second-order valence-corrected chi connectivity index (χ2v) is 2.94. The molecule has 0 aliphatic heterocycles. The van der Waals surface area contributed by atoms with Gasteiger partial charge < -0.3 is 14.9 Å². The first-order valence-electron chi connectivity index (χ1n) is 4.20. The van der Waals surface area contributed by atoms with Crippen molar-refractivity contribution < 1.29 is 24.5 Å². The van der Waals surface area contributed by atoms with Gasteiger partial charge in [-0.1, -0.05) is 18.2 Å². The number of carboxylic acids is 2. The van der Waals surface area contributed by atoms with Crippen molar-refractivity contribution in [3.8, 4) is 5.75 Å². The minimum atomic E-state index is -1.87. The molecule has 0 spiro atoms. The molecule has 80 valence electrons. The van der Waals surface area contributed by atoms with Gasteiger partial charge in [0, 0.05) is 0 Å². The molecule has 1 aromatic rings. The number of rotatable bonds is 4. The molecule has 0 radical (unpaired) electrons. The highest BCUT2D eigenvalue weighted by Gasteiger charge is 2.28. The maximum atomic E-state index is 10.6. The minimum absolute atomic E-state index is 0.257. The maximum absolute atomic E-state index is 10.6. The van der Waals surface area contributed by atoms with E-state index >= 15 is 0 Å². The minimum Gasteiger partial charge on any atom is -0.478 e. The van der Waals surface area contributed by atoms with E-state index in [-0.39, 0.29) is 5.75 Å². The first-order valence-corrected chi connectivity index (χ1v) is 4.20. The van der Waals surface area contributed by atoms with Gasteiger partial charge in [0.05, 0.1) is 0 Å². The molecule has 0 saturated carbocycles. The average molecular weight is 210 g/mol. The van der Waals surface area contributed by atoms with Gasteiger partial charge in [0.1, 0.15) is 5.75 Å². The number of hydrogen-bond acceptors (Lipinski definition) is 3. The zero-order valence-corrected chi connectivity index (χ0v) is 8.01. The zero-order valence-electron chi connectivity index (χ0n) is 8.01. The normalized spacial score (nSPS) is 10.0. The molecule has 0 unspecified atom stereocenters. The van der Waals surface area contributed by atoms with Crippen LogP contribution in [0.3, 0.4) is 0 Å². The molecule has 0 saturated heterocycles. The number of hydrogen-bond donors (Lipinski definition) is 2. The van der Waals surface area contributed by atoms with Crippen LogP contribution in [0.1, 0.15) is 5.56 Å². The van der Waals surface area contributed by atoms with Gasteiger partial charge in [-0.15, -0.1) is 0 Å². The lowest BCUT2D eigenvalue weighted by Crippen LogP contribution is -2.35. The number of para-hydroxylation sites is 1. The number of aliphatic carboxylic acids is 2. The van der Waals surface area contributed by atoms with E-state index in [0.717, 1.165) is 0 Å². The van der Waals surface area contributed by atoms with Gasteiger partial charge in [-0.05, 0) is 18.6 Å². The van der Waals surface area contributed by atoms with Crippen LogP contribution >= 0.6 is 0 Å². The molecule has 15 heavy (non-hydrogen) atoms. The van der Waals surface area contributed by atoms with Crippen molar-refractivity contribution in [3.05, 3.63) is 29.8 Å². The molecular weight excluding hydrogens is 200 g/mol. The summed E-state index contributed by atoms with van der Waals surface area (Å²) < 4.78 is 4.87. The summed E-state index contributed by atoms with van der Waals surface area (Å²) in [5.74, 6) is -2.79. The Balaban J connectivity index is 2.88. The molecule has 0 bridgehead atoms. The van der Waals surface area contributed by atoms with Crippen LogP contribution in [0.5, 0.6) is 5.75 Å². The quantitative estimate of drug-likeness (QED) is 0.721. The maximum Gasteiger partial charge on any atom is 0.356 e. The van der Waals surface area contributed by atoms with E-state index in [9.17, 15) is 9.59 Å². The first-order chi connectivity index (χ1) is 7.02. The summed E-state index contributed by atoms with van der Waals surface area (Å²) >= 11 is 0. The fourth-order valence-corrected chi connectivity index (χ4v) is 1.02. The molecule has 0 aromatic heterocycles. The van der Waals surface area contributed by atoms with Gasteiger partial charge >= 0.3 is 11.9 Å². The predicted octanol–water partition coefficient (Wildman–Crippen LogP) is 0.912. The lowest BCUT2D eigenvalue weighted by Gasteiger charge is -2.12. The Kier molecular flexibility index (Phi) is 3.28. The highest BCUT2D eigenvalue weighted by molar-refractivity contribution is 5.96. The van der Waals surface area contributed by atoms with Crippen LogP contribution in [-0.2, 0) is 9.59 Å². The second-order valence-electron chi connectivity index (χ2n) is 2.94. The standard InChI is InChI=1S/C10H10O5/c1-6-4-2-3-5-7(6)15-8(9(11)12)10(13)14/h2-5,8H,1H3,(H,11,12)(H,13,14). The highest BCUT2D eigenvalue weighted by Crippen LogP contribution is 2.17. The van der Waals surface area contributed by atoms with E-state index in [4.69, 9.17) is 14.9 Å². The van der Waals surface area contributed by atoms with Crippen LogP contribution in [-0.4, -0.2) is 28.3 Å².